The molecule has 202 valence electrons. The second kappa shape index (κ2) is 7.59. The molecule has 2 aromatic rings. The number of halogens is 3. The number of alkyl halides is 3. The summed E-state index contributed by atoms with van der Waals surface area (Å²) in [5.74, 6) is -0.176. The van der Waals surface area contributed by atoms with Gasteiger partial charge in [-0.3, -0.25) is 5.10 Å². The van der Waals surface area contributed by atoms with E-state index in [2.05, 4.69) is 16.3 Å². The highest BCUT2D eigenvalue weighted by Gasteiger charge is 2.69. The Hall–Kier alpha value is -2.46. The van der Waals surface area contributed by atoms with Crippen LogP contribution < -0.4 is 0 Å². The second-order valence-corrected chi connectivity index (χ2v) is 12.3. The van der Waals surface area contributed by atoms with Crippen LogP contribution in [0, 0.1) is 11.3 Å². The molecule has 0 amide bonds. The summed E-state index contributed by atoms with van der Waals surface area (Å²) in [6.45, 7) is 1.96. The molecule has 3 aliphatic carbocycles. The van der Waals surface area contributed by atoms with E-state index in [1.54, 1.807) is 12.3 Å². The number of ether oxygens (including phenoxy) is 1. The standard InChI is InChI=1S/C29H32F3N3O3/c1-26-12-20(29(30,31)32)18-11-19-24(36)25(37)22(35(2)3)13-27(19)8-9-28(18,38-27)23(26)7-5-17(26)15-4-6-21-16(10-15)14-33-34-21/h4-6,10-11,14,22-25,36-37H,7-9,12-13H2,1-3H3,(H,33,34)/t22-,23?,24+,25+,26+,27+,28+/m0/s1. The summed E-state index contributed by atoms with van der Waals surface area (Å²) in [7, 11) is 3.68. The SMILES string of the molecule is CN(C)[C@H]1C[C@@]23CC[C@@]4(O2)C(=C(C(F)(F)F)C[C@]2(C)C(c5ccc6[nH]ncc6c5)=CCC24)C=C3[C@@H](O)[C@@H]1O. The van der Waals surface area contributed by atoms with E-state index in [4.69, 9.17) is 4.74 Å². The van der Waals surface area contributed by atoms with E-state index in [1.807, 2.05) is 44.1 Å². The van der Waals surface area contributed by atoms with Crippen molar-refractivity contribution in [1.29, 1.82) is 0 Å². The Kier molecular flexibility index (Phi) is 4.91. The molecule has 3 heterocycles. The van der Waals surface area contributed by atoms with E-state index < -0.39 is 40.6 Å². The Morgan fingerprint density at radius 2 is 1.97 bits per heavy atom. The monoisotopic (exact) mass is 527 g/mol. The molecule has 1 aromatic carbocycles. The molecule has 9 heteroatoms. The average Bonchev–Trinajstić information content (AvgIpc) is 3.54. The lowest BCUT2D eigenvalue weighted by Gasteiger charge is -2.57. The third-order valence-electron chi connectivity index (χ3n) is 10.3. The van der Waals surface area contributed by atoms with Crippen LogP contribution >= 0.6 is 0 Å². The van der Waals surface area contributed by atoms with Crippen molar-refractivity contribution >= 4 is 16.5 Å². The number of rotatable bonds is 2. The molecule has 1 saturated heterocycles. The zero-order valence-corrected chi connectivity index (χ0v) is 21.6. The number of benzene rings is 1. The minimum Gasteiger partial charge on any atom is -0.388 e. The maximum absolute atomic E-state index is 14.8. The Balaban J connectivity index is 1.40. The molecule has 5 aliphatic rings. The van der Waals surface area contributed by atoms with Crippen LogP contribution in [0.5, 0.6) is 0 Å². The molecule has 2 bridgehead atoms. The van der Waals surface area contributed by atoms with E-state index >= 15 is 0 Å². The number of aliphatic hydroxyl groups excluding tert-OH is 2. The van der Waals surface area contributed by atoms with E-state index in [9.17, 15) is 23.4 Å². The zero-order valence-electron chi connectivity index (χ0n) is 21.6. The lowest BCUT2D eigenvalue weighted by molar-refractivity contribution is -0.170. The molecule has 2 aliphatic heterocycles. The maximum atomic E-state index is 14.8. The fourth-order valence-electron chi connectivity index (χ4n) is 8.49. The van der Waals surface area contributed by atoms with Crippen LogP contribution in [0.25, 0.3) is 16.5 Å². The number of aromatic nitrogens is 2. The van der Waals surface area contributed by atoms with Gasteiger partial charge in [0.1, 0.15) is 6.10 Å². The zero-order chi connectivity index (χ0) is 26.8. The van der Waals surface area contributed by atoms with Crippen LogP contribution in [0.3, 0.4) is 0 Å². The van der Waals surface area contributed by atoms with Gasteiger partial charge in [-0.1, -0.05) is 25.1 Å². The van der Waals surface area contributed by atoms with E-state index in [0.29, 0.717) is 31.3 Å². The van der Waals surface area contributed by atoms with Crippen LogP contribution in [-0.4, -0.2) is 75.0 Å². The van der Waals surface area contributed by atoms with E-state index in [0.717, 1.165) is 22.0 Å². The number of H-pyrrole nitrogens is 1. The van der Waals surface area contributed by atoms with Crippen molar-refractivity contribution < 1.29 is 28.1 Å². The number of fused-ring (bicyclic) bond motifs is 2. The first kappa shape index (κ1) is 24.6. The van der Waals surface area contributed by atoms with Gasteiger partial charge < -0.3 is 19.8 Å². The molecule has 1 aromatic heterocycles. The van der Waals surface area contributed by atoms with Gasteiger partial charge in [0.25, 0.3) is 0 Å². The van der Waals surface area contributed by atoms with Crippen molar-refractivity contribution in [3.8, 4) is 0 Å². The molecule has 7 atom stereocenters. The first-order valence-corrected chi connectivity index (χ1v) is 13.3. The Labute approximate surface area is 218 Å². The van der Waals surface area contributed by atoms with Crippen LogP contribution in [-0.2, 0) is 4.74 Å². The third kappa shape index (κ3) is 3.01. The average molecular weight is 528 g/mol. The molecular weight excluding hydrogens is 495 g/mol. The van der Waals surface area contributed by atoms with Gasteiger partial charge in [-0.25, -0.2) is 0 Å². The van der Waals surface area contributed by atoms with Crippen molar-refractivity contribution in [3.05, 3.63) is 58.8 Å². The quantitative estimate of drug-likeness (QED) is 0.535. The summed E-state index contributed by atoms with van der Waals surface area (Å²) >= 11 is 0. The number of allylic oxidation sites excluding steroid dienone is 3. The predicted molar refractivity (Wildman–Crippen MR) is 136 cm³/mol. The van der Waals surface area contributed by atoms with Gasteiger partial charge >= 0.3 is 6.18 Å². The summed E-state index contributed by atoms with van der Waals surface area (Å²) in [6, 6.07) is 5.52. The number of aliphatic hydroxyl groups is 2. The highest BCUT2D eigenvalue weighted by atomic mass is 19.4. The molecule has 3 N–H and O–H groups in total. The van der Waals surface area contributed by atoms with Crippen molar-refractivity contribution in [2.24, 2.45) is 11.3 Å². The van der Waals surface area contributed by atoms with Crippen molar-refractivity contribution in [3.63, 3.8) is 0 Å². The van der Waals surface area contributed by atoms with E-state index in [-0.39, 0.29) is 24.0 Å². The minimum atomic E-state index is -4.55. The molecule has 1 unspecified atom stereocenters. The maximum Gasteiger partial charge on any atom is 0.413 e. The van der Waals surface area contributed by atoms with Gasteiger partial charge in [-0.2, -0.15) is 18.3 Å². The van der Waals surface area contributed by atoms with Gasteiger partial charge in [0.15, 0.2) is 0 Å². The second-order valence-electron chi connectivity index (χ2n) is 12.3. The number of aromatic amines is 1. The molecule has 1 saturated carbocycles. The first-order chi connectivity index (χ1) is 17.9. The van der Waals surface area contributed by atoms with Gasteiger partial charge in [0.2, 0.25) is 0 Å². The molecule has 2 fully saturated rings. The summed E-state index contributed by atoms with van der Waals surface area (Å²) < 4.78 is 51.4. The fourth-order valence-corrected chi connectivity index (χ4v) is 8.49. The molecule has 0 radical (unpaired) electrons. The Bertz CT molecular complexity index is 1440. The Morgan fingerprint density at radius 1 is 1.18 bits per heavy atom. The first-order valence-electron chi connectivity index (χ1n) is 13.3. The summed E-state index contributed by atoms with van der Waals surface area (Å²) in [6.07, 6.45) is 0.333. The normalized spacial score (nSPS) is 40.2. The van der Waals surface area contributed by atoms with E-state index in [1.165, 1.54) is 0 Å². The number of nitrogens with one attached hydrogen (secondary N) is 1. The van der Waals surface area contributed by atoms with Gasteiger partial charge in [0, 0.05) is 28.3 Å². The molecular formula is C29H32F3N3O3. The van der Waals surface area contributed by atoms with Crippen molar-refractivity contribution in [1.82, 2.24) is 15.1 Å². The third-order valence-corrected chi connectivity index (χ3v) is 10.3. The summed E-state index contributed by atoms with van der Waals surface area (Å²) in [5.41, 5.74) is -0.0709. The van der Waals surface area contributed by atoms with Gasteiger partial charge in [0.05, 0.1) is 29.0 Å². The predicted octanol–water partition coefficient (Wildman–Crippen LogP) is 4.52. The summed E-state index contributed by atoms with van der Waals surface area (Å²) in [4.78, 5) is 1.87. The van der Waals surface area contributed by atoms with Crippen LogP contribution in [0.4, 0.5) is 13.2 Å². The molecule has 6 nitrogen and oxygen atoms in total. The molecule has 2 spiro atoms. The number of likely N-dealkylation sites (N-methyl/N-ethyl adjacent to an activating group) is 1. The molecule has 7 rings (SSSR count). The summed E-state index contributed by atoms with van der Waals surface area (Å²) in [5, 5.41) is 29.9. The highest BCUT2D eigenvalue weighted by Crippen LogP contribution is 2.70. The fraction of sp³-hybridized carbons (Fsp3) is 0.552. The number of hydrogen-bond donors (Lipinski definition) is 3. The van der Waals surface area contributed by atoms with Crippen LogP contribution in [0.1, 0.15) is 44.6 Å². The number of nitrogens with zero attached hydrogens (tertiary/aromatic N) is 2. The largest absolute Gasteiger partial charge is 0.413 e. The lowest BCUT2D eigenvalue weighted by atomic mass is 9.56. The smallest absolute Gasteiger partial charge is 0.388 e. The lowest BCUT2D eigenvalue weighted by Crippen LogP contribution is -2.62. The topological polar surface area (TPSA) is 81.6 Å². The highest BCUT2D eigenvalue weighted by molar-refractivity contribution is 5.85. The van der Waals surface area contributed by atoms with Gasteiger partial charge in [-0.15, -0.1) is 0 Å². The van der Waals surface area contributed by atoms with Crippen molar-refractivity contribution in [2.45, 2.75) is 74.7 Å². The van der Waals surface area contributed by atoms with Crippen LogP contribution in [0.15, 0.2) is 53.3 Å². The van der Waals surface area contributed by atoms with Gasteiger partial charge in [-0.05, 0) is 80.6 Å². The van der Waals surface area contributed by atoms with Crippen molar-refractivity contribution in [2.75, 3.05) is 14.1 Å². The molecule has 38 heavy (non-hydrogen) atoms. The minimum absolute atomic E-state index is 0.157. The Morgan fingerprint density at radius 3 is 2.71 bits per heavy atom. The van der Waals surface area contributed by atoms with Crippen LogP contribution in [0.2, 0.25) is 0 Å². The number of hydrogen-bond acceptors (Lipinski definition) is 5.